The molecule has 0 saturated heterocycles. The van der Waals surface area contributed by atoms with Gasteiger partial charge in [0.05, 0.1) is 9.63 Å². The number of aromatic carboxylic acids is 1. The molecule has 0 amide bonds. The number of H-pyrrole nitrogens is 1. The van der Waals surface area contributed by atoms with E-state index in [1.165, 1.54) is 0 Å². The Morgan fingerprint density at radius 3 is 2.86 bits per heavy atom. The van der Waals surface area contributed by atoms with Crippen molar-refractivity contribution in [2.75, 3.05) is 0 Å². The van der Waals surface area contributed by atoms with Gasteiger partial charge in [-0.25, -0.2) is 4.79 Å². The highest BCUT2D eigenvalue weighted by Gasteiger charge is 2.17. The van der Waals surface area contributed by atoms with Crippen LogP contribution in [0.2, 0.25) is 5.02 Å². The standard InChI is InChI=1S/C9H5BrClNO2/c10-8-7(9(13)14)6-4(11)2-1-3-5(6)12-8/h1-3,12H,(H,13,14). The Balaban J connectivity index is 2.93. The van der Waals surface area contributed by atoms with Crippen molar-refractivity contribution in [1.29, 1.82) is 0 Å². The molecule has 2 rings (SSSR count). The molecule has 0 aliphatic carbocycles. The maximum Gasteiger partial charge on any atom is 0.339 e. The fraction of sp³-hybridized carbons (Fsp3) is 0. The molecule has 0 aliphatic rings. The van der Waals surface area contributed by atoms with E-state index in [9.17, 15) is 4.79 Å². The van der Waals surface area contributed by atoms with Gasteiger partial charge in [-0.05, 0) is 28.1 Å². The van der Waals surface area contributed by atoms with Crippen molar-refractivity contribution in [2.45, 2.75) is 0 Å². The highest BCUT2D eigenvalue weighted by molar-refractivity contribution is 9.10. The predicted molar refractivity (Wildman–Crippen MR) is 58.0 cm³/mol. The minimum Gasteiger partial charge on any atom is -0.478 e. The summed E-state index contributed by atoms with van der Waals surface area (Å²) >= 11 is 9.06. The zero-order valence-corrected chi connectivity index (χ0v) is 9.19. The molecule has 0 radical (unpaired) electrons. The number of carbonyl (C=O) groups is 1. The fourth-order valence-electron chi connectivity index (χ4n) is 1.37. The highest BCUT2D eigenvalue weighted by atomic mass is 79.9. The van der Waals surface area contributed by atoms with E-state index < -0.39 is 5.97 Å². The first kappa shape index (κ1) is 9.55. The van der Waals surface area contributed by atoms with Crippen molar-refractivity contribution in [3.8, 4) is 0 Å². The number of rotatable bonds is 1. The SMILES string of the molecule is O=C(O)c1c(Br)[nH]c2cccc(Cl)c12. The zero-order valence-electron chi connectivity index (χ0n) is 6.84. The van der Waals surface area contributed by atoms with Gasteiger partial charge in [0.15, 0.2) is 0 Å². The maximum atomic E-state index is 10.9. The van der Waals surface area contributed by atoms with E-state index in [0.717, 1.165) is 0 Å². The molecule has 1 aromatic heterocycles. The predicted octanol–water partition coefficient (Wildman–Crippen LogP) is 3.28. The number of halogens is 2. The van der Waals surface area contributed by atoms with E-state index in [1.807, 2.05) is 0 Å². The number of carboxylic acid groups (broad SMARTS) is 1. The van der Waals surface area contributed by atoms with Crippen LogP contribution in [0.3, 0.4) is 0 Å². The Kier molecular flexibility index (Phi) is 2.25. The Bertz CT molecular complexity index is 521. The molecule has 0 unspecified atom stereocenters. The molecule has 1 heterocycles. The summed E-state index contributed by atoms with van der Waals surface area (Å²) in [6.07, 6.45) is 0. The first-order valence-electron chi connectivity index (χ1n) is 3.80. The van der Waals surface area contributed by atoms with E-state index in [0.29, 0.717) is 20.5 Å². The van der Waals surface area contributed by atoms with Crippen LogP contribution in [0.1, 0.15) is 10.4 Å². The van der Waals surface area contributed by atoms with Gasteiger partial charge in [0.2, 0.25) is 0 Å². The van der Waals surface area contributed by atoms with Crippen LogP contribution in [0.5, 0.6) is 0 Å². The van der Waals surface area contributed by atoms with E-state index in [1.54, 1.807) is 18.2 Å². The summed E-state index contributed by atoms with van der Waals surface area (Å²) in [4.78, 5) is 13.8. The van der Waals surface area contributed by atoms with Crippen LogP contribution in [-0.2, 0) is 0 Å². The quantitative estimate of drug-likeness (QED) is 0.838. The average Bonchev–Trinajstić information content (AvgIpc) is 2.42. The number of aromatic nitrogens is 1. The second-order valence-corrected chi connectivity index (χ2v) is 3.98. The lowest BCUT2D eigenvalue weighted by molar-refractivity contribution is 0.0698. The van der Waals surface area contributed by atoms with Crippen molar-refractivity contribution >= 4 is 44.4 Å². The molecule has 0 spiro atoms. The van der Waals surface area contributed by atoms with Crippen LogP contribution in [0.15, 0.2) is 22.8 Å². The first-order chi connectivity index (χ1) is 6.61. The summed E-state index contributed by atoms with van der Waals surface area (Å²) in [5, 5.41) is 9.94. The van der Waals surface area contributed by atoms with E-state index in [-0.39, 0.29) is 5.56 Å². The molecule has 2 aromatic rings. The fourth-order valence-corrected chi connectivity index (χ4v) is 2.22. The van der Waals surface area contributed by atoms with Crippen LogP contribution >= 0.6 is 27.5 Å². The van der Waals surface area contributed by atoms with Gasteiger partial charge in [0.1, 0.15) is 5.56 Å². The summed E-state index contributed by atoms with van der Waals surface area (Å²) in [6.45, 7) is 0. The number of nitrogens with one attached hydrogen (secondary N) is 1. The Hall–Kier alpha value is -1.00. The van der Waals surface area contributed by atoms with Crippen molar-refractivity contribution < 1.29 is 9.90 Å². The summed E-state index contributed by atoms with van der Waals surface area (Å²) in [6, 6.07) is 5.20. The number of benzene rings is 1. The molecular weight excluding hydrogens is 269 g/mol. The van der Waals surface area contributed by atoms with Gasteiger partial charge >= 0.3 is 5.97 Å². The van der Waals surface area contributed by atoms with Crippen molar-refractivity contribution in [3.63, 3.8) is 0 Å². The monoisotopic (exact) mass is 273 g/mol. The molecule has 0 fully saturated rings. The summed E-state index contributed by atoms with van der Waals surface area (Å²) in [7, 11) is 0. The summed E-state index contributed by atoms with van der Waals surface area (Å²) < 4.78 is 0.438. The van der Waals surface area contributed by atoms with Crippen LogP contribution in [0.4, 0.5) is 0 Å². The third-order valence-corrected chi connectivity index (χ3v) is 2.85. The number of aromatic amines is 1. The topological polar surface area (TPSA) is 53.1 Å². The molecule has 0 atom stereocenters. The lowest BCUT2D eigenvalue weighted by atomic mass is 10.2. The van der Waals surface area contributed by atoms with Gasteiger partial charge in [-0.15, -0.1) is 0 Å². The van der Waals surface area contributed by atoms with Gasteiger partial charge in [0.25, 0.3) is 0 Å². The van der Waals surface area contributed by atoms with E-state index >= 15 is 0 Å². The molecule has 5 heteroatoms. The average molecular weight is 275 g/mol. The first-order valence-corrected chi connectivity index (χ1v) is 4.97. The van der Waals surface area contributed by atoms with Gasteiger partial charge in [0, 0.05) is 10.9 Å². The molecule has 14 heavy (non-hydrogen) atoms. The summed E-state index contributed by atoms with van der Waals surface area (Å²) in [5.41, 5.74) is 0.882. The van der Waals surface area contributed by atoms with Crippen molar-refractivity contribution in [3.05, 3.63) is 33.4 Å². The number of carboxylic acids is 1. The zero-order chi connectivity index (χ0) is 10.3. The van der Waals surface area contributed by atoms with Crippen LogP contribution in [0, 0.1) is 0 Å². The van der Waals surface area contributed by atoms with Gasteiger partial charge in [-0.1, -0.05) is 17.7 Å². The van der Waals surface area contributed by atoms with E-state index in [4.69, 9.17) is 16.7 Å². The highest BCUT2D eigenvalue weighted by Crippen LogP contribution is 2.31. The van der Waals surface area contributed by atoms with Gasteiger partial charge in [-0.3, -0.25) is 0 Å². The number of hydrogen-bond acceptors (Lipinski definition) is 1. The number of fused-ring (bicyclic) bond motifs is 1. The van der Waals surface area contributed by atoms with E-state index in [2.05, 4.69) is 20.9 Å². The molecule has 0 saturated carbocycles. The maximum absolute atomic E-state index is 10.9. The lowest BCUT2D eigenvalue weighted by Crippen LogP contribution is -1.95. The van der Waals surface area contributed by atoms with Crippen molar-refractivity contribution in [1.82, 2.24) is 4.98 Å². The Morgan fingerprint density at radius 2 is 2.21 bits per heavy atom. The molecule has 2 N–H and O–H groups in total. The summed E-state index contributed by atoms with van der Waals surface area (Å²) in [5.74, 6) is -1.00. The second kappa shape index (κ2) is 3.29. The number of hydrogen-bond donors (Lipinski definition) is 2. The second-order valence-electron chi connectivity index (χ2n) is 2.78. The van der Waals surface area contributed by atoms with Crippen molar-refractivity contribution in [2.24, 2.45) is 0 Å². The van der Waals surface area contributed by atoms with Gasteiger partial charge in [-0.2, -0.15) is 0 Å². The van der Waals surface area contributed by atoms with Crippen LogP contribution < -0.4 is 0 Å². The molecular formula is C9H5BrClNO2. The Labute approximate surface area is 92.8 Å². The molecule has 72 valence electrons. The molecule has 0 bridgehead atoms. The largest absolute Gasteiger partial charge is 0.478 e. The van der Waals surface area contributed by atoms with Crippen LogP contribution in [0.25, 0.3) is 10.9 Å². The minimum atomic E-state index is -1.00. The lowest BCUT2D eigenvalue weighted by Gasteiger charge is -1.95. The van der Waals surface area contributed by atoms with Gasteiger partial charge < -0.3 is 10.1 Å². The molecule has 1 aromatic carbocycles. The smallest absolute Gasteiger partial charge is 0.339 e. The Morgan fingerprint density at radius 1 is 1.50 bits per heavy atom. The van der Waals surface area contributed by atoms with Crippen LogP contribution in [-0.4, -0.2) is 16.1 Å². The molecule has 3 nitrogen and oxygen atoms in total. The minimum absolute atomic E-state index is 0.172. The normalized spacial score (nSPS) is 10.7. The third-order valence-electron chi connectivity index (χ3n) is 1.94. The molecule has 0 aliphatic heterocycles. The third kappa shape index (κ3) is 1.31.